The molecular formula is C15H22ClNO3. The van der Waals surface area contributed by atoms with E-state index in [0.29, 0.717) is 24.8 Å². The maximum atomic E-state index is 11.7. The second-order valence-electron chi connectivity index (χ2n) is 4.93. The van der Waals surface area contributed by atoms with Gasteiger partial charge >= 0.3 is 5.97 Å². The summed E-state index contributed by atoms with van der Waals surface area (Å²) >= 11 is 5.87. The SMILES string of the molecule is CCOC(=O)C(C)(C)NCCCOc1cccc(Cl)c1. The van der Waals surface area contributed by atoms with Crippen molar-refractivity contribution in [2.45, 2.75) is 32.7 Å². The van der Waals surface area contributed by atoms with Gasteiger partial charge in [0.05, 0.1) is 13.2 Å². The van der Waals surface area contributed by atoms with Crippen LogP contribution in [0.4, 0.5) is 0 Å². The average molecular weight is 300 g/mol. The molecule has 0 unspecified atom stereocenters. The highest BCUT2D eigenvalue weighted by atomic mass is 35.5. The molecule has 0 spiro atoms. The van der Waals surface area contributed by atoms with Crippen LogP contribution in [0, 0.1) is 0 Å². The van der Waals surface area contributed by atoms with E-state index in [0.717, 1.165) is 12.2 Å². The van der Waals surface area contributed by atoms with Crippen molar-refractivity contribution in [1.29, 1.82) is 0 Å². The quantitative estimate of drug-likeness (QED) is 0.592. The van der Waals surface area contributed by atoms with E-state index in [1.807, 2.05) is 26.0 Å². The van der Waals surface area contributed by atoms with Crippen molar-refractivity contribution in [2.75, 3.05) is 19.8 Å². The summed E-state index contributed by atoms with van der Waals surface area (Å²) in [5.74, 6) is 0.512. The maximum absolute atomic E-state index is 11.7. The summed E-state index contributed by atoms with van der Waals surface area (Å²) in [5.41, 5.74) is -0.675. The van der Waals surface area contributed by atoms with E-state index < -0.39 is 5.54 Å². The molecule has 0 saturated carbocycles. The summed E-state index contributed by atoms with van der Waals surface area (Å²) < 4.78 is 10.6. The van der Waals surface area contributed by atoms with Gasteiger partial charge in [-0.1, -0.05) is 17.7 Å². The molecule has 0 bridgehead atoms. The van der Waals surface area contributed by atoms with Gasteiger partial charge in [0.1, 0.15) is 11.3 Å². The van der Waals surface area contributed by atoms with Crippen LogP contribution in [-0.4, -0.2) is 31.3 Å². The van der Waals surface area contributed by atoms with Crippen molar-refractivity contribution in [3.05, 3.63) is 29.3 Å². The minimum atomic E-state index is -0.675. The maximum Gasteiger partial charge on any atom is 0.325 e. The van der Waals surface area contributed by atoms with Crippen molar-refractivity contribution >= 4 is 17.6 Å². The van der Waals surface area contributed by atoms with Crippen LogP contribution >= 0.6 is 11.6 Å². The number of halogens is 1. The highest BCUT2D eigenvalue weighted by Crippen LogP contribution is 2.17. The predicted molar refractivity (Wildman–Crippen MR) is 80.3 cm³/mol. The Labute approximate surface area is 125 Å². The number of carbonyl (C=O) groups excluding carboxylic acids is 1. The number of rotatable bonds is 8. The Kier molecular flexibility index (Phi) is 6.82. The van der Waals surface area contributed by atoms with Crippen molar-refractivity contribution in [1.82, 2.24) is 5.32 Å². The van der Waals surface area contributed by atoms with E-state index in [1.54, 1.807) is 19.1 Å². The Morgan fingerprint density at radius 1 is 1.40 bits per heavy atom. The first-order valence-corrected chi connectivity index (χ1v) is 7.14. The van der Waals surface area contributed by atoms with Gasteiger partial charge in [0, 0.05) is 5.02 Å². The molecule has 1 aromatic rings. The average Bonchev–Trinajstić information content (AvgIpc) is 2.38. The molecule has 0 atom stereocenters. The summed E-state index contributed by atoms with van der Waals surface area (Å²) in [6, 6.07) is 7.29. The molecule has 0 heterocycles. The number of esters is 1. The number of carbonyl (C=O) groups is 1. The van der Waals surface area contributed by atoms with E-state index in [2.05, 4.69) is 5.32 Å². The van der Waals surface area contributed by atoms with E-state index >= 15 is 0 Å². The van der Waals surface area contributed by atoms with Crippen LogP contribution in [0.2, 0.25) is 5.02 Å². The zero-order valence-electron chi connectivity index (χ0n) is 12.2. The van der Waals surface area contributed by atoms with Crippen LogP contribution in [0.3, 0.4) is 0 Å². The lowest BCUT2D eigenvalue weighted by Gasteiger charge is -2.23. The Bertz CT molecular complexity index is 435. The van der Waals surface area contributed by atoms with Gasteiger partial charge in [0.2, 0.25) is 0 Å². The highest BCUT2D eigenvalue weighted by Gasteiger charge is 2.27. The minimum absolute atomic E-state index is 0.240. The van der Waals surface area contributed by atoms with Gasteiger partial charge in [-0.25, -0.2) is 0 Å². The van der Waals surface area contributed by atoms with E-state index in [9.17, 15) is 4.79 Å². The number of hydrogen-bond acceptors (Lipinski definition) is 4. The normalized spacial score (nSPS) is 11.2. The lowest BCUT2D eigenvalue weighted by Crippen LogP contribution is -2.48. The van der Waals surface area contributed by atoms with Gasteiger partial charge in [-0.05, 0) is 51.9 Å². The first-order chi connectivity index (χ1) is 9.45. The molecule has 112 valence electrons. The van der Waals surface area contributed by atoms with E-state index in [4.69, 9.17) is 21.1 Å². The number of nitrogens with one attached hydrogen (secondary N) is 1. The summed E-state index contributed by atoms with van der Waals surface area (Å²) in [6.07, 6.45) is 0.787. The van der Waals surface area contributed by atoms with Gasteiger partial charge in [-0.3, -0.25) is 4.79 Å². The van der Waals surface area contributed by atoms with Crippen LogP contribution in [0.1, 0.15) is 27.2 Å². The highest BCUT2D eigenvalue weighted by molar-refractivity contribution is 6.30. The van der Waals surface area contributed by atoms with E-state index in [1.165, 1.54) is 0 Å². The zero-order valence-corrected chi connectivity index (χ0v) is 13.0. The molecule has 0 aliphatic heterocycles. The minimum Gasteiger partial charge on any atom is -0.493 e. The molecule has 5 heteroatoms. The standard InChI is InChI=1S/C15H22ClNO3/c1-4-19-14(18)15(2,3)17-9-6-10-20-13-8-5-7-12(16)11-13/h5,7-8,11,17H,4,6,9-10H2,1-3H3. The van der Waals surface area contributed by atoms with Crippen molar-refractivity contribution in [3.8, 4) is 5.75 Å². The molecule has 0 fully saturated rings. The van der Waals surface area contributed by atoms with Crippen LogP contribution < -0.4 is 10.1 Å². The molecular weight excluding hydrogens is 278 g/mol. The third kappa shape index (κ3) is 5.80. The van der Waals surface area contributed by atoms with Crippen molar-refractivity contribution in [2.24, 2.45) is 0 Å². The summed E-state index contributed by atoms with van der Waals surface area (Å²) in [7, 11) is 0. The summed E-state index contributed by atoms with van der Waals surface area (Å²) in [6.45, 7) is 7.04. The second kappa shape index (κ2) is 8.12. The van der Waals surface area contributed by atoms with Crippen molar-refractivity contribution in [3.63, 3.8) is 0 Å². The topological polar surface area (TPSA) is 47.6 Å². The van der Waals surface area contributed by atoms with Gasteiger partial charge in [0.25, 0.3) is 0 Å². The van der Waals surface area contributed by atoms with Crippen molar-refractivity contribution < 1.29 is 14.3 Å². The third-order valence-corrected chi connectivity index (χ3v) is 2.97. The molecule has 0 radical (unpaired) electrons. The molecule has 0 saturated heterocycles. The fraction of sp³-hybridized carbons (Fsp3) is 0.533. The van der Waals surface area contributed by atoms with Crippen LogP contribution in [0.15, 0.2) is 24.3 Å². The molecule has 0 amide bonds. The molecule has 1 rings (SSSR count). The van der Waals surface area contributed by atoms with Crippen LogP contribution in [-0.2, 0) is 9.53 Å². The fourth-order valence-electron chi connectivity index (χ4n) is 1.60. The lowest BCUT2D eigenvalue weighted by atomic mass is 10.1. The molecule has 1 aromatic carbocycles. The monoisotopic (exact) mass is 299 g/mol. The van der Waals surface area contributed by atoms with Gasteiger partial charge in [-0.15, -0.1) is 0 Å². The fourth-order valence-corrected chi connectivity index (χ4v) is 1.78. The second-order valence-corrected chi connectivity index (χ2v) is 5.37. The Balaban J connectivity index is 2.23. The largest absolute Gasteiger partial charge is 0.493 e. The number of ether oxygens (including phenoxy) is 2. The van der Waals surface area contributed by atoms with E-state index in [-0.39, 0.29) is 5.97 Å². The summed E-state index contributed by atoms with van der Waals surface area (Å²) in [5, 5.41) is 3.82. The first-order valence-electron chi connectivity index (χ1n) is 6.76. The zero-order chi connectivity index (χ0) is 15.0. The Morgan fingerprint density at radius 2 is 2.15 bits per heavy atom. The smallest absolute Gasteiger partial charge is 0.325 e. The molecule has 1 N–H and O–H groups in total. The van der Waals surface area contributed by atoms with Gasteiger partial charge < -0.3 is 14.8 Å². The van der Waals surface area contributed by atoms with Gasteiger partial charge in [0.15, 0.2) is 0 Å². The Hall–Kier alpha value is -1.26. The molecule has 20 heavy (non-hydrogen) atoms. The predicted octanol–water partition coefficient (Wildman–Crippen LogP) is 3.04. The molecule has 4 nitrogen and oxygen atoms in total. The summed E-state index contributed by atoms with van der Waals surface area (Å²) in [4.78, 5) is 11.7. The first kappa shape index (κ1) is 16.8. The Morgan fingerprint density at radius 3 is 2.80 bits per heavy atom. The molecule has 0 aliphatic rings. The van der Waals surface area contributed by atoms with Crippen LogP contribution in [0.25, 0.3) is 0 Å². The number of benzene rings is 1. The molecule has 0 aliphatic carbocycles. The lowest BCUT2D eigenvalue weighted by molar-refractivity contribution is -0.149. The van der Waals surface area contributed by atoms with Crippen LogP contribution in [0.5, 0.6) is 5.75 Å². The van der Waals surface area contributed by atoms with Gasteiger partial charge in [-0.2, -0.15) is 0 Å². The number of hydrogen-bond donors (Lipinski definition) is 1. The molecule has 0 aromatic heterocycles. The third-order valence-electron chi connectivity index (χ3n) is 2.74.